The van der Waals surface area contributed by atoms with Gasteiger partial charge in [0.15, 0.2) is 0 Å². The molecule has 0 aliphatic rings. The first-order chi connectivity index (χ1) is 9.40. The zero-order valence-electron chi connectivity index (χ0n) is 12.2. The molecule has 1 aromatic heterocycles. The van der Waals surface area contributed by atoms with Crippen molar-refractivity contribution in [1.29, 1.82) is 0 Å². The van der Waals surface area contributed by atoms with Gasteiger partial charge in [-0.05, 0) is 32.1 Å². The van der Waals surface area contributed by atoms with Crippen molar-refractivity contribution in [1.82, 2.24) is 10.3 Å². The van der Waals surface area contributed by atoms with Gasteiger partial charge in [0.2, 0.25) is 0 Å². The van der Waals surface area contributed by atoms with Gasteiger partial charge in [-0.3, -0.25) is 9.59 Å². The number of amides is 1. The predicted octanol–water partition coefficient (Wildman–Crippen LogP) is 2.63. The maximum Gasteiger partial charge on any atom is 0.303 e. The highest BCUT2D eigenvalue weighted by Crippen LogP contribution is 2.20. The van der Waals surface area contributed by atoms with E-state index in [0.29, 0.717) is 30.2 Å². The van der Waals surface area contributed by atoms with Crippen molar-refractivity contribution in [3.05, 3.63) is 15.6 Å². The van der Waals surface area contributed by atoms with E-state index in [4.69, 9.17) is 5.11 Å². The van der Waals surface area contributed by atoms with Crippen LogP contribution in [0.5, 0.6) is 0 Å². The number of aryl methyl sites for hydroxylation is 1. The van der Waals surface area contributed by atoms with Crippen LogP contribution in [0.15, 0.2) is 0 Å². The van der Waals surface area contributed by atoms with E-state index in [2.05, 4.69) is 24.1 Å². The summed E-state index contributed by atoms with van der Waals surface area (Å²) in [6.45, 7) is 6.60. The standard InChI is InChI=1S/C14H22N2O3S/c1-9(2)8-11-13(20-10(3)16-11)14(19)15-7-5-4-6-12(17)18/h9H,4-8H2,1-3H3,(H,15,19)(H,17,18). The van der Waals surface area contributed by atoms with E-state index in [0.717, 1.165) is 17.1 Å². The molecule has 112 valence electrons. The number of rotatable bonds is 8. The average Bonchev–Trinajstić information content (AvgIpc) is 2.68. The molecule has 0 unspecified atom stereocenters. The van der Waals surface area contributed by atoms with Gasteiger partial charge in [0.05, 0.1) is 10.7 Å². The van der Waals surface area contributed by atoms with Crippen LogP contribution in [-0.4, -0.2) is 28.5 Å². The van der Waals surface area contributed by atoms with Crippen molar-refractivity contribution in [2.75, 3.05) is 6.54 Å². The molecular weight excluding hydrogens is 276 g/mol. The molecule has 0 fully saturated rings. The van der Waals surface area contributed by atoms with Crippen LogP contribution in [0.1, 0.15) is 53.5 Å². The number of carboxylic acids is 1. The van der Waals surface area contributed by atoms with Crippen molar-refractivity contribution in [2.24, 2.45) is 5.92 Å². The molecule has 2 N–H and O–H groups in total. The minimum Gasteiger partial charge on any atom is -0.481 e. The average molecular weight is 298 g/mol. The predicted molar refractivity (Wildman–Crippen MR) is 79.2 cm³/mol. The van der Waals surface area contributed by atoms with Gasteiger partial charge in [-0.25, -0.2) is 4.98 Å². The first-order valence-corrected chi connectivity index (χ1v) is 7.68. The lowest BCUT2D eigenvalue weighted by Crippen LogP contribution is -2.25. The number of aromatic nitrogens is 1. The Morgan fingerprint density at radius 3 is 2.65 bits per heavy atom. The summed E-state index contributed by atoms with van der Waals surface area (Å²) in [6, 6.07) is 0. The van der Waals surface area contributed by atoms with Crippen molar-refractivity contribution in [2.45, 2.75) is 46.5 Å². The topological polar surface area (TPSA) is 79.3 Å². The Balaban J connectivity index is 2.48. The van der Waals surface area contributed by atoms with Crippen LogP contribution in [0.4, 0.5) is 0 Å². The maximum absolute atomic E-state index is 12.1. The molecule has 0 aliphatic carbocycles. The van der Waals surface area contributed by atoms with E-state index < -0.39 is 5.97 Å². The molecule has 0 radical (unpaired) electrons. The van der Waals surface area contributed by atoms with Gasteiger partial charge < -0.3 is 10.4 Å². The summed E-state index contributed by atoms with van der Waals surface area (Å²) in [5, 5.41) is 12.3. The Hall–Kier alpha value is -1.43. The lowest BCUT2D eigenvalue weighted by molar-refractivity contribution is -0.137. The van der Waals surface area contributed by atoms with Crippen LogP contribution in [0, 0.1) is 12.8 Å². The number of aliphatic carboxylic acids is 1. The smallest absolute Gasteiger partial charge is 0.303 e. The van der Waals surface area contributed by atoms with Crippen LogP contribution in [0.2, 0.25) is 0 Å². The van der Waals surface area contributed by atoms with Crippen LogP contribution >= 0.6 is 11.3 Å². The summed E-state index contributed by atoms with van der Waals surface area (Å²) in [4.78, 5) is 27.6. The number of nitrogens with zero attached hydrogens (tertiary/aromatic N) is 1. The second-order valence-electron chi connectivity index (χ2n) is 5.21. The Kier molecular flexibility index (Phi) is 6.64. The van der Waals surface area contributed by atoms with E-state index in [1.54, 1.807) is 0 Å². The number of carbonyl (C=O) groups is 2. The third-order valence-corrected chi connectivity index (χ3v) is 3.73. The first kappa shape index (κ1) is 16.6. The van der Waals surface area contributed by atoms with E-state index in [9.17, 15) is 9.59 Å². The quantitative estimate of drug-likeness (QED) is 0.723. The highest BCUT2D eigenvalue weighted by molar-refractivity contribution is 7.13. The molecule has 0 aliphatic heterocycles. The fourth-order valence-corrected chi connectivity index (χ4v) is 2.72. The van der Waals surface area contributed by atoms with Crippen molar-refractivity contribution >= 4 is 23.2 Å². The maximum atomic E-state index is 12.1. The van der Waals surface area contributed by atoms with E-state index >= 15 is 0 Å². The van der Waals surface area contributed by atoms with Gasteiger partial charge in [0.1, 0.15) is 4.88 Å². The van der Waals surface area contributed by atoms with Gasteiger partial charge in [0, 0.05) is 13.0 Å². The fraction of sp³-hybridized carbons (Fsp3) is 0.643. The Morgan fingerprint density at radius 1 is 1.35 bits per heavy atom. The van der Waals surface area contributed by atoms with E-state index in [-0.39, 0.29) is 12.3 Å². The number of nitrogens with one attached hydrogen (secondary N) is 1. The van der Waals surface area contributed by atoms with Crippen LogP contribution in [-0.2, 0) is 11.2 Å². The third kappa shape index (κ3) is 5.69. The number of hydrogen-bond acceptors (Lipinski definition) is 4. The highest BCUT2D eigenvalue weighted by atomic mass is 32.1. The number of thiazole rings is 1. The van der Waals surface area contributed by atoms with Crippen LogP contribution in [0.25, 0.3) is 0 Å². The van der Waals surface area contributed by atoms with Crippen LogP contribution < -0.4 is 5.32 Å². The summed E-state index contributed by atoms with van der Waals surface area (Å²) < 4.78 is 0. The number of carbonyl (C=O) groups excluding carboxylic acids is 1. The highest BCUT2D eigenvalue weighted by Gasteiger charge is 2.17. The van der Waals surface area contributed by atoms with Crippen molar-refractivity contribution in [3.8, 4) is 0 Å². The zero-order chi connectivity index (χ0) is 15.1. The number of unbranched alkanes of at least 4 members (excludes halogenated alkanes) is 1. The largest absolute Gasteiger partial charge is 0.481 e. The van der Waals surface area contributed by atoms with Gasteiger partial charge in [-0.2, -0.15) is 0 Å². The van der Waals surface area contributed by atoms with E-state index in [1.807, 2.05) is 6.92 Å². The molecule has 1 rings (SSSR count). The number of hydrogen-bond donors (Lipinski definition) is 2. The van der Waals surface area contributed by atoms with E-state index in [1.165, 1.54) is 11.3 Å². The fourth-order valence-electron chi connectivity index (χ4n) is 1.86. The number of carboxylic acid groups (broad SMARTS) is 1. The summed E-state index contributed by atoms with van der Waals surface area (Å²) in [7, 11) is 0. The third-order valence-electron chi connectivity index (χ3n) is 2.72. The minimum absolute atomic E-state index is 0.0958. The summed E-state index contributed by atoms with van der Waals surface area (Å²) >= 11 is 1.42. The molecule has 1 amide bonds. The molecule has 5 nitrogen and oxygen atoms in total. The molecule has 20 heavy (non-hydrogen) atoms. The molecular formula is C14H22N2O3S. The molecule has 1 heterocycles. The van der Waals surface area contributed by atoms with Gasteiger partial charge in [0.25, 0.3) is 5.91 Å². The molecule has 0 atom stereocenters. The Morgan fingerprint density at radius 2 is 2.05 bits per heavy atom. The second kappa shape index (κ2) is 7.99. The van der Waals surface area contributed by atoms with Crippen molar-refractivity contribution in [3.63, 3.8) is 0 Å². The lowest BCUT2D eigenvalue weighted by Gasteiger charge is -2.06. The molecule has 0 bridgehead atoms. The minimum atomic E-state index is -0.798. The van der Waals surface area contributed by atoms with Crippen LogP contribution in [0.3, 0.4) is 0 Å². The summed E-state index contributed by atoms with van der Waals surface area (Å²) in [6.07, 6.45) is 2.20. The second-order valence-corrected chi connectivity index (χ2v) is 6.42. The normalized spacial score (nSPS) is 10.8. The monoisotopic (exact) mass is 298 g/mol. The molecule has 0 saturated heterocycles. The Labute approximate surface area is 123 Å². The molecule has 0 aromatic carbocycles. The van der Waals surface area contributed by atoms with Gasteiger partial charge >= 0.3 is 5.97 Å². The zero-order valence-corrected chi connectivity index (χ0v) is 13.0. The SMILES string of the molecule is Cc1nc(CC(C)C)c(C(=O)NCCCCC(=O)O)s1. The molecule has 1 aromatic rings. The van der Waals surface area contributed by atoms with Gasteiger partial charge in [-0.1, -0.05) is 13.8 Å². The molecule has 0 spiro atoms. The lowest BCUT2D eigenvalue weighted by atomic mass is 10.1. The van der Waals surface area contributed by atoms with Gasteiger partial charge in [-0.15, -0.1) is 11.3 Å². The Bertz CT molecular complexity index is 469. The summed E-state index contributed by atoms with van der Waals surface area (Å²) in [5.74, 6) is -0.436. The first-order valence-electron chi connectivity index (χ1n) is 6.86. The molecule has 6 heteroatoms. The molecule has 0 saturated carbocycles. The van der Waals surface area contributed by atoms with Crippen molar-refractivity contribution < 1.29 is 14.7 Å². The summed E-state index contributed by atoms with van der Waals surface area (Å²) in [5.41, 5.74) is 0.866.